The average Bonchev–Trinajstić information content (AvgIpc) is 2.87. The molecule has 3 nitrogen and oxygen atoms in total. The van der Waals surface area contributed by atoms with E-state index in [1.165, 1.54) is 11.1 Å². The molecule has 1 N–H and O–H groups in total. The molecule has 2 rings (SSSR count). The van der Waals surface area contributed by atoms with Crippen LogP contribution in [0.2, 0.25) is 0 Å². The molecular formula is C15H23NO2. The van der Waals surface area contributed by atoms with Crippen molar-refractivity contribution in [2.45, 2.75) is 33.2 Å². The number of anilines is 1. The van der Waals surface area contributed by atoms with E-state index in [2.05, 4.69) is 38.2 Å². The van der Waals surface area contributed by atoms with E-state index in [9.17, 15) is 0 Å². The van der Waals surface area contributed by atoms with Crippen LogP contribution >= 0.6 is 0 Å². The molecule has 1 aliphatic heterocycles. The maximum absolute atomic E-state index is 5.46. The number of hydrogen-bond donors (Lipinski definition) is 1. The zero-order valence-electron chi connectivity index (χ0n) is 11.7. The fraction of sp³-hybridized carbons (Fsp3) is 0.600. The predicted octanol–water partition coefficient (Wildman–Crippen LogP) is 3.15. The Bertz CT molecular complexity index is 411. The Hall–Kier alpha value is -1.22. The van der Waals surface area contributed by atoms with E-state index < -0.39 is 0 Å². The standard InChI is InChI=1S/C15H23NO2/c1-10-5-6-14(11(2)15(10)17-4)16-12(3)13-7-8-18-9-13/h5-6,12-13,16H,7-9H2,1-4H3. The molecule has 0 spiro atoms. The second kappa shape index (κ2) is 5.61. The normalized spacial score (nSPS) is 20.8. The van der Waals surface area contributed by atoms with Crippen LogP contribution in [0, 0.1) is 19.8 Å². The molecule has 1 fully saturated rings. The van der Waals surface area contributed by atoms with Gasteiger partial charge in [0.25, 0.3) is 0 Å². The first-order chi connectivity index (χ1) is 8.63. The number of benzene rings is 1. The summed E-state index contributed by atoms with van der Waals surface area (Å²) in [6.07, 6.45) is 1.15. The zero-order valence-corrected chi connectivity index (χ0v) is 11.7. The molecule has 2 unspecified atom stereocenters. The van der Waals surface area contributed by atoms with Crippen LogP contribution in [0.5, 0.6) is 5.75 Å². The minimum atomic E-state index is 0.429. The monoisotopic (exact) mass is 249 g/mol. The number of rotatable bonds is 4. The molecule has 1 aliphatic rings. The van der Waals surface area contributed by atoms with Crippen LogP contribution in [0.4, 0.5) is 5.69 Å². The van der Waals surface area contributed by atoms with Crippen molar-refractivity contribution in [3.8, 4) is 5.75 Å². The smallest absolute Gasteiger partial charge is 0.126 e. The van der Waals surface area contributed by atoms with Gasteiger partial charge in [0.1, 0.15) is 5.75 Å². The Balaban J connectivity index is 2.13. The van der Waals surface area contributed by atoms with Gasteiger partial charge >= 0.3 is 0 Å². The summed E-state index contributed by atoms with van der Waals surface area (Å²) in [5.41, 5.74) is 3.53. The fourth-order valence-corrected chi connectivity index (χ4v) is 2.61. The van der Waals surface area contributed by atoms with E-state index in [1.807, 2.05) is 0 Å². The van der Waals surface area contributed by atoms with Gasteiger partial charge in [-0.25, -0.2) is 0 Å². The average molecular weight is 249 g/mol. The van der Waals surface area contributed by atoms with Crippen LogP contribution in [0.15, 0.2) is 12.1 Å². The molecule has 18 heavy (non-hydrogen) atoms. The number of nitrogens with one attached hydrogen (secondary N) is 1. The predicted molar refractivity (Wildman–Crippen MR) is 74.5 cm³/mol. The van der Waals surface area contributed by atoms with Gasteiger partial charge in [0, 0.05) is 29.8 Å². The highest BCUT2D eigenvalue weighted by atomic mass is 16.5. The molecule has 0 saturated carbocycles. The summed E-state index contributed by atoms with van der Waals surface area (Å²) in [6, 6.07) is 4.67. The molecule has 0 aromatic heterocycles. The number of aryl methyl sites for hydroxylation is 1. The van der Waals surface area contributed by atoms with Crippen molar-refractivity contribution >= 4 is 5.69 Å². The minimum absolute atomic E-state index is 0.429. The molecule has 1 aromatic rings. The van der Waals surface area contributed by atoms with Gasteiger partial charge in [-0.05, 0) is 38.8 Å². The lowest BCUT2D eigenvalue weighted by atomic mass is 9.99. The summed E-state index contributed by atoms with van der Waals surface area (Å²) >= 11 is 0. The van der Waals surface area contributed by atoms with E-state index in [-0.39, 0.29) is 0 Å². The first-order valence-corrected chi connectivity index (χ1v) is 6.62. The Kier molecular flexibility index (Phi) is 4.12. The third-order valence-corrected chi connectivity index (χ3v) is 3.86. The van der Waals surface area contributed by atoms with Crippen molar-refractivity contribution in [1.82, 2.24) is 0 Å². The summed E-state index contributed by atoms with van der Waals surface area (Å²) < 4.78 is 10.9. The second-order valence-electron chi connectivity index (χ2n) is 5.14. The number of ether oxygens (including phenoxy) is 2. The van der Waals surface area contributed by atoms with Crippen molar-refractivity contribution in [1.29, 1.82) is 0 Å². The van der Waals surface area contributed by atoms with E-state index in [0.29, 0.717) is 12.0 Å². The first-order valence-electron chi connectivity index (χ1n) is 6.62. The summed E-state index contributed by atoms with van der Waals surface area (Å²) in [5, 5.41) is 3.59. The fourth-order valence-electron chi connectivity index (χ4n) is 2.61. The molecule has 100 valence electrons. The molecule has 3 heteroatoms. The maximum atomic E-state index is 5.46. The van der Waals surface area contributed by atoms with Gasteiger partial charge in [0.05, 0.1) is 13.7 Å². The Morgan fingerprint density at radius 2 is 2.17 bits per heavy atom. The lowest BCUT2D eigenvalue weighted by Gasteiger charge is -2.23. The van der Waals surface area contributed by atoms with Crippen molar-refractivity contribution < 1.29 is 9.47 Å². The molecule has 0 radical (unpaired) electrons. The number of hydrogen-bond acceptors (Lipinski definition) is 3. The third kappa shape index (κ3) is 2.61. The van der Waals surface area contributed by atoms with Gasteiger partial charge in [0.2, 0.25) is 0 Å². The van der Waals surface area contributed by atoms with Crippen molar-refractivity contribution in [2.24, 2.45) is 5.92 Å². The van der Waals surface area contributed by atoms with E-state index in [1.54, 1.807) is 7.11 Å². The highest BCUT2D eigenvalue weighted by Crippen LogP contribution is 2.30. The molecular weight excluding hydrogens is 226 g/mol. The molecule has 0 aliphatic carbocycles. The molecule has 2 atom stereocenters. The molecule has 1 saturated heterocycles. The molecule has 1 aromatic carbocycles. The van der Waals surface area contributed by atoms with Crippen molar-refractivity contribution in [3.05, 3.63) is 23.3 Å². The van der Waals surface area contributed by atoms with Gasteiger partial charge in [0.15, 0.2) is 0 Å². The second-order valence-corrected chi connectivity index (χ2v) is 5.14. The lowest BCUT2D eigenvalue weighted by molar-refractivity contribution is 0.183. The van der Waals surface area contributed by atoms with Crippen LogP contribution in [0.3, 0.4) is 0 Å². The summed E-state index contributed by atoms with van der Waals surface area (Å²) in [7, 11) is 1.73. The largest absolute Gasteiger partial charge is 0.496 e. The highest BCUT2D eigenvalue weighted by Gasteiger charge is 2.22. The minimum Gasteiger partial charge on any atom is -0.496 e. The van der Waals surface area contributed by atoms with Crippen molar-refractivity contribution in [3.63, 3.8) is 0 Å². The third-order valence-electron chi connectivity index (χ3n) is 3.86. The lowest BCUT2D eigenvalue weighted by Crippen LogP contribution is -2.26. The Morgan fingerprint density at radius 3 is 2.78 bits per heavy atom. The van der Waals surface area contributed by atoms with Crippen LogP contribution in [-0.2, 0) is 4.74 Å². The Morgan fingerprint density at radius 1 is 1.39 bits per heavy atom. The summed E-state index contributed by atoms with van der Waals surface area (Å²) in [5.74, 6) is 1.59. The Labute approximate surface area is 109 Å². The highest BCUT2D eigenvalue weighted by molar-refractivity contribution is 5.60. The summed E-state index contributed by atoms with van der Waals surface area (Å²) in [4.78, 5) is 0. The van der Waals surface area contributed by atoms with Gasteiger partial charge in [-0.1, -0.05) is 6.07 Å². The topological polar surface area (TPSA) is 30.5 Å². The quantitative estimate of drug-likeness (QED) is 0.889. The van der Waals surface area contributed by atoms with E-state index >= 15 is 0 Å². The van der Waals surface area contributed by atoms with Gasteiger partial charge in [-0.3, -0.25) is 0 Å². The van der Waals surface area contributed by atoms with Gasteiger partial charge in [-0.15, -0.1) is 0 Å². The maximum Gasteiger partial charge on any atom is 0.126 e. The van der Waals surface area contributed by atoms with Gasteiger partial charge in [-0.2, -0.15) is 0 Å². The summed E-state index contributed by atoms with van der Waals surface area (Å²) in [6.45, 7) is 8.17. The number of methoxy groups -OCH3 is 1. The molecule has 0 bridgehead atoms. The molecule has 0 amide bonds. The van der Waals surface area contributed by atoms with Crippen molar-refractivity contribution in [2.75, 3.05) is 25.6 Å². The van der Waals surface area contributed by atoms with Crippen LogP contribution < -0.4 is 10.1 Å². The zero-order chi connectivity index (χ0) is 13.1. The molecule has 1 heterocycles. The first kappa shape index (κ1) is 13.2. The van der Waals surface area contributed by atoms with Gasteiger partial charge < -0.3 is 14.8 Å². The van der Waals surface area contributed by atoms with E-state index in [4.69, 9.17) is 9.47 Å². The SMILES string of the molecule is COc1c(C)ccc(NC(C)C2CCOC2)c1C. The van der Waals surface area contributed by atoms with Crippen LogP contribution in [-0.4, -0.2) is 26.4 Å². The van der Waals surface area contributed by atoms with Crippen LogP contribution in [0.25, 0.3) is 0 Å². The van der Waals surface area contributed by atoms with Crippen LogP contribution in [0.1, 0.15) is 24.5 Å². The van der Waals surface area contributed by atoms with E-state index in [0.717, 1.165) is 31.1 Å².